The molecule has 0 atom stereocenters. The van der Waals surface area contributed by atoms with E-state index < -0.39 is 0 Å². The summed E-state index contributed by atoms with van der Waals surface area (Å²) in [6, 6.07) is 0.176. The van der Waals surface area contributed by atoms with Gasteiger partial charge in [-0.2, -0.15) is 24.7 Å². The van der Waals surface area contributed by atoms with Crippen molar-refractivity contribution < 1.29 is 4.74 Å². The second-order valence-electron chi connectivity index (χ2n) is 2.55. The summed E-state index contributed by atoms with van der Waals surface area (Å²) in [4.78, 5) is 15.5. The van der Waals surface area contributed by atoms with E-state index in [1.54, 1.807) is 0 Å². The van der Waals surface area contributed by atoms with Gasteiger partial charge in [0.2, 0.25) is 5.95 Å². The van der Waals surface area contributed by atoms with Crippen LogP contribution in [0, 0.1) is 0 Å². The lowest BCUT2D eigenvalue weighted by Crippen LogP contribution is -2.09. The smallest absolute Gasteiger partial charge is 0.323 e. The van der Waals surface area contributed by atoms with E-state index in [2.05, 4.69) is 25.0 Å². The second-order valence-corrected chi connectivity index (χ2v) is 2.55. The van der Waals surface area contributed by atoms with Crippen molar-refractivity contribution in [2.24, 2.45) is 0 Å². The van der Waals surface area contributed by atoms with Crippen molar-refractivity contribution in [3.63, 3.8) is 0 Å². The fourth-order valence-corrected chi connectivity index (χ4v) is 0.969. The van der Waals surface area contributed by atoms with E-state index in [4.69, 9.17) is 10.5 Å². The van der Waals surface area contributed by atoms with E-state index in [-0.39, 0.29) is 17.9 Å². The molecule has 0 spiro atoms. The van der Waals surface area contributed by atoms with Crippen LogP contribution in [-0.2, 0) is 0 Å². The van der Waals surface area contributed by atoms with Gasteiger partial charge in [0.15, 0.2) is 0 Å². The minimum Gasteiger partial charge on any atom is -0.464 e. The number of aromatic nitrogens is 6. The van der Waals surface area contributed by atoms with Crippen LogP contribution in [-0.4, -0.2) is 36.3 Å². The lowest BCUT2D eigenvalue weighted by atomic mass is 10.8. The fraction of sp³-hybridized carbons (Fsp3) is 0.286. The first-order valence-electron chi connectivity index (χ1n) is 4.29. The molecular weight excluding hydrogens is 198 g/mol. The Hall–Kier alpha value is -2.25. The Labute approximate surface area is 85.2 Å². The van der Waals surface area contributed by atoms with Gasteiger partial charge < -0.3 is 10.5 Å². The predicted octanol–water partition coefficient (Wildman–Crippen LogP) is -0.567. The Kier molecular flexibility index (Phi) is 2.40. The zero-order valence-electron chi connectivity index (χ0n) is 8.03. The molecule has 2 aromatic rings. The van der Waals surface area contributed by atoms with Gasteiger partial charge in [0, 0.05) is 0 Å². The number of nitrogens with zero attached hydrogens (tertiary/aromatic N) is 6. The SMILES string of the molecule is CCOc1nc(N)nc(-n2cncn2)n1. The van der Waals surface area contributed by atoms with E-state index in [0.717, 1.165) is 0 Å². The van der Waals surface area contributed by atoms with Gasteiger partial charge in [-0.05, 0) is 6.92 Å². The summed E-state index contributed by atoms with van der Waals surface area (Å²) < 4.78 is 6.50. The highest BCUT2D eigenvalue weighted by atomic mass is 16.5. The van der Waals surface area contributed by atoms with E-state index in [0.29, 0.717) is 6.61 Å². The molecule has 0 saturated carbocycles. The Balaban J connectivity index is 2.40. The summed E-state index contributed by atoms with van der Waals surface area (Å²) >= 11 is 0. The molecule has 15 heavy (non-hydrogen) atoms. The van der Waals surface area contributed by atoms with E-state index in [1.807, 2.05) is 6.92 Å². The summed E-state index contributed by atoms with van der Waals surface area (Å²) in [7, 11) is 0. The standard InChI is InChI=1S/C7H9N7O/c1-2-15-7-12-5(8)11-6(13-7)14-4-9-3-10-14/h3-4H,2H2,1H3,(H2,8,11,12,13). The normalized spacial score (nSPS) is 10.2. The van der Waals surface area contributed by atoms with Crippen molar-refractivity contribution in [1.82, 2.24) is 29.7 Å². The molecule has 0 aliphatic carbocycles. The highest BCUT2D eigenvalue weighted by Gasteiger charge is 2.06. The minimum absolute atomic E-state index is 0.0824. The number of hydrogen-bond acceptors (Lipinski definition) is 7. The molecule has 0 bridgehead atoms. The minimum atomic E-state index is 0.0824. The highest BCUT2D eigenvalue weighted by molar-refractivity contribution is 5.23. The zero-order chi connectivity index (χ0) is 10.7. The number of nitrogens with two attached hydrogens (primary N) is 1. The maximum absolute atomic E-state index is 5.49. The first-order chi connectivity index (χ1) is 7.29. The van der Waals surface area contributed by atoms with Crippen LogP contribution in [0.15, 0.2) is 12.7 Å². The first kappa shape index (κ1) is 9.31. The molecule has 2 aromatic heterocycles. The lowest BCUT2D eigenvalue weighted by molar-refractivity contribution is 0.311. The predicted molar refractivity (Wildman–Crippen MR) is 50.3 cm³/mol. The molecule has 0 saturated heterocycles. The number of anilines is 1. The molecule has 0 radical (unpaired) electrons. The van der Waals surface area contributed by atoms with Gasteiger partial charge in [0.05, 0.1) is 6.61 Å². The van der Waals surface area contributed by atoms with Gasteiger partial charge >= 0.3 is 6.01 Å². The van der Waals surface area contributed by atoms with Crippen molar-refractivity contribution in [3.05, 3.63) is 12.7 Å². The molecule has 2 rings (SSSR count). The van der Waals surface area contributed by atoms with Gasteiger partial charge in [-0.15, -0.1) is 0 Å². The number of hydrogen-bond donors (Lipinski definition) is 1. The molecule has 0 aliphatic heterocycles. The summed E-state index contributed by atoms with van der Waals surface area (Å²) in [6.45, 7) is 2.29. The van der Waals surface area contributed by atoms with Crippen molar-refractivity contribution in [2.45, 2.75) is 6.92 Å². The Morgan fingerprint density at radius 3 is 2.93 bits per heavy atom. The molecule has 2 heterocycles. The Morgan fingerprint density at radius 2 is 2.27 bits per heavy atom. The molecule has 0 amide bonds. The summed E-state index contributed by atoms with van der Waals surface area (Å²) in [6.07, 6.45) is 2.84. The Morgan fingerprint density at radius 1 is 1.40 bits per heavy atom. The second kappa shape index (κ2) is 3.86. The molecule has 78 valence electrons. The van der Waals surface area contributed by atoms with Crippen LogP contribution in [0.4, 0.5) is 5.95 Å². The first-order valence-corrected chi connectivity index (χ1v) is 4.29. The van der Waals surface area contributed by atoms with E-state index in [9.17, 15) is 0 Å². The van der Waals surface area contributed by atoms with Crippen LogP contribution < -0.4 is 10.5 Å². The number of nitrogen functional groups attached to an aromatic ring is 1. The molecule has 0 aromatic carbocycles. The molecule has 2 N–H and O–H groups in total. The molecule has 0 aliphatic rings. The van der Waals surface area contributed by atoms with Gasteiger partial charge in [-0.3, -0.25) is 0 Å². The molecule has 0 unspecified atom stereocenters. The van der Waals surface area contributed by atoms with Crippen molar-refractivity contribution in [2.75, 3.05) is 12.3 Å². The van der Waals surface area contributed by atoms with Crippen molar-refractivity contribution in [3.8, 4) is 12.0 Å². The molecular formula is C7H9N7O. The highest BCUT2D eigenvalue weighted by Crippen LogP contribution is 2.07. The maximum atomic E-state index is 5.49. The largest absolute Gasteiger partial charge is 0.464 e. The third-order valence-electron chi connectivity index (χ3n) is 1.52. The quantitative estimate of drug-likeness (QED) is 0.718. The molecule has 8 nitrogen and oxygen atoms in total. The average molecular weight is 207 g/mol. The fourth-order valence-electron chi connectivity index (χ4n) is 0.969. The van der Waals surface area contributed by atoms with Gasteiger partial charge in [-0.25, -0.2) is 4.98 Å². The maximum Gasteiger partial charge on any atom is 0.323 e. The monoisotopic (exact) mass is 207 g/mol. The average Bonchev–Trinajstić information content (AvgIpc) is 2.70. The van der Waals surface area contributed by atoms with Crippen LogP contribution in [0.5, 0.6) is 6.01 Å². The third kappa shape index (κ3) is 1.98. The Bertz CT molecular complexity index is 441. The molecule has 0 fully saturated rings. The van der Waals surface area contributed by atoms with Crippen LogP contribution in [0.25, 0.3) is 5.95 Å². The van der Waals surface area contributed by atoms with Gasteiger partial charge in [-0.1, -0.05) is 0 Å². The summed E-state index contributed by atoms with van der Waals surface area (Å²) in [5.74, 6) is 0.363. The topological polar surface area (TPSA) is 105 Å². The van der Waals surface area contributed by atoms with E-state index >= 15 is 0 Å². The summed E-state index contributed by atoms with van der Waals surface area (Å²) in [5.41, 5.74) is 5.49. The third-order valence-corrected chi connectivity index (χ3v) is 1.52. The molecule has 8 heteroatoms. The van der Waals surface area contributed by atoms with Crippen LogP contribution in [0.3, 0.4) is 0 Å². The van der Waals surface area contributed by atoms with Gasteiger partial charge in [0.25, 0.3) is 5.95 Å². The zero-order valence-corrected chi connectivity index (χ0v) is 8.03. The number of rotatable bonds is 3. The van der Waals surface area contributed by atoms with Crippen LogP contribution >= 0.6 is 0 Å². The lowest BCUT2D eigenvalue weighted by Gasteiger charge is -2.03. The van der Waals surface area contributed by atoms with Crippen molar-refractivity contribution >= 4 is 5.95 Å². The summed E-state index contributed by atoms with van der Waals surface area (Å²) in [5, 5.41) is 3.87. The van der Waals surface area contributed by atoms with Crippen molar-refractivity contribution in [1.29, 1.82) is 0 Å². The number of ether oxygens (including phenoxy) is 1. The van der Waals surface area contributed by atoms with E-state index in [1.165, 1.54) is 17.3 Å². The van der Waals surface area contributed by atoms with Crippen LogP contribution in [0.1, 0.15) is 6.92 Å². The van der Waals surface area contributed by atoms with Crippen LogP contribution in [0.2, 0.25) is 0 Å². The van der Waals surface area contributed by atoms with Gasteiger partial charge in [0.1, 0.15) is 12.7 Å².